The minimum atomic E-state index is -0.352. The first-order valence-electron chi connectivity index (χ1n) is 6.68. The van der Waals surface area contributed by atoms with Crippen molar-refractivity contribution in [3.8, 4) is 0 Å². The summed E-state index contributed by atoms with van der Waals surface area (Å²) in [4.78, 5) is 25.0. The molecule has 1 rings (SSSR count). The Hall–Kier alpha value is -0.900. The average Bonchev–Trinajstić information content (AvgIpc) is 2.36. The van der Waals surface area contributed by atoms with E-state index in [2.05, 4.69) is 39.9 Å². The van der Waals surface area contributed by atoms with Gasteiger partial charge in [0.2, 0.25) is 11.8 Å². The lowest BCUT2D eigenvalue weighted by Crippen LogP contribution is -2.50. The summed E-state index contributed by atoms with van der Waals surface area (Å²) in [5, 5.41) is 3.34. The molecule has 1 N–H and O–H groups in total. The van der Waals surface area contributed by atoms with Crippen LogP contribution in [0.2, 0.25) is 0 Å². The van der Waals surface area contributed by atoms with E-state index in [0.717, 1.165) is 6.42 Å². The predicted molar refractivity (Wildman–Crippen MR) is 72.1 cm³/mol. The second kappa shape index (κ2) is 5.00. The van der Waals surface area contributed by atoms with E-state index in [-0.39, 0.29) is 28.8 Å². The Morgan fingerprint density at radius 1 is 1.22 bits per heavy atom. The molecule has 0 saturated carbocycles. The zero-order valence-corrected chi connectivity index (χ0v) is 12.5. The average molecular weight is 254 g/mol. The van der Waals surface area contributed by atoms with Crippen LogP contribution in [0.5, 0.6) is 0 Å². The SMILES string of the molecule is CCN1C(=O)CC(NC(C)(C)CC(C)(C)C)C1=O. The molecule has 0 spiro atoms. The lowest BCUT2D eigenvalue weighted by molar-refractivity contribution is -0.138. The number of nitrogens with zero attached hydrogens (tertiary/aromatic N) is 1. The third-order valence-electron chi connectivity index (χ3n) is 3.10. The van der Waals surface area contributed by atoms with Crippen LogP contribution in [0, 0.1) is 5.41 Å². The van der Waals surface area contributed by atoms with Gasteiger partial charge in [-0.1, -0.05) is 20.8 Å². The highest BCUT2D eigenvalue weighted by Gasteiger charge is 2.40. The fourth-order valence-corrected chi connectivity index (χ4v) is 2.98. The maximum atomic E-state index is 12.0. The molecule has 0 aliphatic carbocycles. The molecule has 18 heavy (non-hydrogen) atoms. The van der Waals surface area contributed by atoms with Crippen LogP contribution in [0.4, 0.5) is 0 Å². The largest absolute Gasteiger partial charge is 0.300 e. The highest BCUT2D eigenvalue weighted by atomic mass is 16.2. The zero-order valence-electron chi connectivity index (χ0n) is 12.5. The summed E-state index contributed by atoms with van der Waals surface area (Å²) in [6.07, 6.45) is 1.24. The van der Waals surface area contributed by atoms with E-state index in [0.29, 0.717) is 13.0 Å². The molecule has 4 nitrogen and oxygen atoms in total. The summed E-state index contributed by atoms with van der Waals surface area (Å²) in [5.41, 5.74) is 0.0369. The van der Waals surface area contributed by atoms with Gasteiger partial charge in [0.15, 0.2) is 0 Å². The Kier molecular flexibility index (Phi) is 4.21. The first-order valence-corrected chi connectivity index (χ1v) is 6.68. The van der Waals surface area contributed by atoms with Crippen molar-refractivity contribution in [1.82, 2.24) is 10.2 Å². The maximum Gasteiger partial charge on any atom is 0.246 e. The highest BCUT2D eigenvalue weighted by Crippen LogP contribution is 2.28. The summed E-state index contributed by atoms with van der Waals surface area (Å²) in [5.74, 6) is -0.143. The molecule has 1 heterocycles. The number of imide groups is 1. The van der Waals surface area contributed by atoms with Crippen LogP contribution in [-0.2, 0) is 9.59 Å². The quantitative estimate of drug-likeness (QED) is 0.780. The van der Waals surface area contributed by atoms with Gasteiger partial charge in [0.25, 0.3) is 0 Å². The molecule has 1 atom stereocenters. The molecule has 1 aliphatic rings. The summed E-state index contributed by atoms with van der Waals surface area (Å²) >= 11 is 0. The number of likely N-dealkylation sites (N-methyl/N-ethyl adjacent to an activating group) is 1. The van der Waals surface area contributed by atoms with Gasteiger partial charge in [-0.15, -0.1) is 0 Å². The predicted octanol–water partition coefficient (Wildman–Crippen LogP) is 1.94. The minimum absolute atomic E-state index is 0.0634. The second-order valence-corrected chi connectivity index (χ2v) is 7.00. The van der Waals surface area contributed by atoms with Crippen LogP contribution in [0.15, 0.2) is 0 Å². The Morgan fingerprint density at radius 2 is 1.78 bits per heavy atom. The molecular weight excluding hydrogens is 228 g/mol. The second-order valence-electron chi connectivity index (χ2n) is 7.00. The van der Waals surface area contributed by atoms with Crippen molar-refractivity contribution in [3.63, 3.8) is 0 Å². The van der Waals surface area contributed by atoms with Gasteiger partial charge in [-0.3, -0.25) is 14.5 Å². The molecule has 0 bridgehead atoms. The van der Waals surface area contributed by atoms with Crippen molar-refractivity contribution >= 4 is 11.8 Å². The van der Waals surface area contributed by atoms with Crippen LogP contribution < -0.4 is 5.32 Å². The first kappa shape index (κ1) is 15.2. The number of carbonyl (C=O) groups excluding carboxylic acids is 2. The summed E-state index contributed by atoms with van der Waals surface area (Å²) in [7, 11) is 0. The molecule has 4 heteroatoms. The zero-order chi connectivity index (χ0) is 14.1. The molecule has 1 fully saturated rings. The maximum absolute atomic E-state index is 12.0. The number of hydrogen-bond acceptors (Lipinski definition) is 3. The smallest absolute Gasteiger partial charge is 0.246 e. The standard InChI is InChI=1S/C14H26N2O2/c1-7-16-11(17)8-10(12(16)18)15-14(5,6)9-13(2,3)4/h10,15H,7-9H2,1-6H3. The Morgan fingerprint density at radius 3 is 2.17 bits per heavy atom. The summed E-state index contributed by atoms with van der Waals surface area (Å²) < 4.78 is 0. The van der Waals surface area contributed by atoms with E-state index in [1.807, 2.05) is 6.92 Å². The van der Waals surface area contributed by atoms with Gasteiger partial charge in [0.1, 0.15) is 0 Å². The molecule has 1 aliphatic heterocycles. The fraction of sp³-hybridized carbons (Fsp3) is 0.857. The van der Waals surface area contributed by atoms with Crippen LogP contribution in [0.25, 0.3) is 0 Å². The lowest BCUT2D eigenvalue weighted by atomic mass is 9.81. The number of amides is 2. The Bertz CT molecular complexity index is 342. The van der Waals surface area contributed by atoms with Gasteiger partial charge in [-0.25, -0.2) is 0 Å². The van der Waals surface area contributed by atoms with E-state index in [1.54, 1.807) is 0 Å². The van der Waals surface area contributed by atoms with Crippen LogP contribution in [0.1, 0.15) is 54.4 Å². The molecule has 1 unspecified atom stereocenters. The normalized spacial score (nSPS) is 21.9. The molecule has 0 aromatic heterocycles. The number of carbonyl (C=O) groups is 2. The van der Waals surface area contributed by atoms with Crippen LogP contribution >= 0.6 is 0 Å². The third-order valence-corrected chi connectivity index (χ3v) is 3.10. The van der Waals surface area contributed by atoms with E-state index < -0.39 is 0 Å². The van der Waals surface area contributed by atoms with Gasteiger partial charge < -0.3 is 5.32 Å². The van der Waals surface area contributed by atoms with Crippen LogP contribution in [-0.4, -0.2) is 34.8 Å². The number of hydrogen-bond donors (Lipinski definition) is 1. The molecular formula is C14H26N2O2. The van der Waals surface area contributed by atoms with Gasteiger partial charge in [-0.2, -0.15) is 0 Å². The van der Waals surface area contributed by atoms with E-state index in [1.165, 1.54) is 4.90 Å². The minimum Gasteiger partial charge on any atom is -0.300 e. The molecule has 0 radical (unpaired) electrons. The number of rotatable bonds is 4. The molecule has 0 aromatic carbocycles. The molecule has 1 saturated heterocycles. The Labute approximate surface area is 110 Å². The molecule has 104 valence electrons. The fourth-order valence-electron chi connectivity index (χ4n) is 2.98. The van der Waals surface area contributed by atoms with Crippen LogP contribution in [0.3, 0.4) is 0 Å². The van der Waals surface area contributed by atoms with Gasteiger partial charge >= 0.3 is 0 Å². The molecule has 2 amide bonds. The lowest BCUT2D eigenvalue weighted by Gasteiger charge is -2.35. The van der Waals surface area contributed by atoms with Crippen molar-refractivity contribution in [2.75, 3.05) is 6.54 Å². The number of likely N-dealkylation sites (tertiary alicyclic amines) is 1. The third kappa shape index (κ3) is 3.80. The van der Waals surface area contributed by atoms with Gasteiger partial charge in [0, 0.05) is 12.1 Å². The topological polar surface area (TPSA) is 49.4 Å². The van der Waals surface area contributed by atoms with Crippen molar-refractivity contribution in [2.45, 2.75) is 66.0 Å². The highest BCUT2D eigenvalue weighted by molar-refractivity contribution is 6.05. The van der Waals surface area contributed by atoms with Crippen molar-refractivity contribution in [2.24, 2.45) is 5.41 Å². The van der Waals surface area contributed by atoms with Crippen molar-refractivity contribution in [3.05, 3.63) is 0 Å². The van der Waals surface area contributed by atoms with Crippen molar-refractivity contribution < 1.29 is 9.59 Å². The number of nitrogens with one attached hydrogen (secondary N) is 1. The molecule has 0 aromatic rings. The van der Waals surface area contributed by atoms with E-state index >= 15 is 0 Å². The summed E-state index contributed by atoms with van der Waals surface area (Å²) in [6, 6.07) is -0.352. The van der Waals surface area contributed by atoms with E-state index in [4.69, 9.17) is 0 Å². The van der Waals surface area contributed by atoms with E-state index in [9.17, 15) is 9.59 Å². The first-order chi connectivity index (χ1) is 8.06. The monoisotopic (exact) mass is 254 g/mol. The summed E-state index contributed by atoms with van der Waals surface area (Å²) in [6.45, 7) is 13.0. The Balaban J connectivity index is 2.69. The van der Waals surface area contributed by atoms with Crippen molar-refractivity contribution in [1.29, 1.82) is 0 Å². The van der Waals surface area contributed by atoms with Gasteiger partial charge in [-0.05, 0) is 32.6 Å². The van der Waals surface area contributed by atoms with Gasteiger partial charge in [0.05, 0.1) is 12.5 Å².